The van der Waals surface area contributed by atoms with Gasteiger partial charge in [0.15, 0.2) is 5.76 Å². The second-order valence-corrected chi connectivity index (χ2v) is 5.36. The number of hydrogen-bond acceptors (Lipinski definition) is 2. The van der Waals surface area contributed by atoms with Gasteiger partial charge in [0.05, 0.1) is 0 Å². The maximum atomic E-state index is 12.9. The Bertz CT molecular complexity index is 967. The van der Waals surface area contributed by atoms with E-state index in [-0.39, 0.29) is 5.78 Å². The summed E-state index contributed by atoms with van der Waals surface area (Å²) in [5.74, 6) is 0.296. The molecule has 4 aromatic rings. The van der Waals surface area contributed by atoms with Crippen molar-refractivity contribution in [3.63, 3.8) is 0 Å². The third-order valence-corrected chi connectivity index (χ3v) is 3.90. The van der Waals surface area contributed by atoms with Gasteiger partial charge in [-0.15, -0.1) is 0 Å². The SMILES string of the molecule is O=C(c1ccccc1)c1oc2ccccc2c1-c1ccccc1. The van der Waals surface area contributed by atoms with Gasteiger partial charge in [0.2, 0.25) is 5.78 Å². The van der Waals surface area contributed by atoms with Crippen LogP contribution in [0.4, 0.5) is 0 Å². The molecule has 0 aliphatic carbocycles. The van der Waals surface area contributed by atoms with Gasteiger partial charge in [-0.25, -0.2) is 0 Å². The van der Waals surface area contributed by atoms with E-state index >= 15 is 0 Å². The van der Waals surface area contributed by atoms with Gasteiger partial charge in [0.25, 0.3) is 0 Å². The van der Waals surface area contributed by atoms with Crippen LogP contribution in [0.3, 0.4) is 0 Å². The summed E-state index contributed by atoms with van der Waals surface area (Å²) in [6.07, 6.45) is 0. The smallest absolute Gasteiger partial charge is 0.228 e. The number of hydrogen-bond donors (Lipinski definition) is 0. The summed E-state index contributed by atoms with van der Waals surface area (Å²) in [5.41, 5.74) is 3.20. The van der Waals surface area contributed by atoms with Crippen LogP contribution in [-0.4, -0.2) is 5.78 Å². The molecule has 0 radical (unpaired) electrons. The highest BCUT2D eigenvalue weighted by atomic mass is 16.3. The average Bonchev–Trinajstić information content (AvgIpc) is 3.02. The van der Waals surface area contributed by atoms with Gasteiger partial charge >= 0.3 is 0 Å². The first-order chi connectivity index (χ1) is 11.3. The predicted octanol–water partition coefficient (Wildman–Crippen LogP) is 5.33. The summed E-state index contributed by atoms with van der Waals surface area (Å²) >= 11 is 0. The molecule has 0 amide bonds. The molecule has 4 rings (SSSR count). The molecule has 0 aliphatic rings. The van der Waals surface area contributed by atoms with Gasteiger partial charge in [-0.2, -0.15) is 0 Å². The minimum Gasteiger partial charge on any atom is -0.452 e. The molecule has 0 N–H and O–H groups in total. The number of carbonyl (C=O) groups excluding carboxylic acids is 1. The molecule has 1 aromatic heterocycles. The van der Waals surface area contributed by atoms with Crippen LogP contribution < -0.4 is 0 Å². The maximum Gasteiger partial charge on any atom is 0.228 e. The first kappa shape index (κ1) is 13.5. The summed E-state index contributed by atoms with van der Waals surface area (Å²) in [6.45, 7) is 0. The van der Waals surface area contributed by atoms with Crippen molar-refractivity contribution in [3.8, 4) is 11.1 Å². The van der Waals surface area contributed by atoms with Gasteiger partial charge < -0.3 is 4.42 Å². The highest BCUT2D eigenvalue weighted by molar-refractivity contribution is 6.15. The molecule has 0 fully saturated rings. The molecular weight excluding hydrogens is 284 g/mol. The van der Waals surface area contributed by atoms with E-state index in [0.717, 1.165) is 22.1 Å². The zero-order valence-electron chi connectivity index (χ0n) is 12.4. The number of ketones is 1. The van der Waals surface area contributed by atoms with E-state index in [9.17, 15) is 4.79 Å². The third kappa shape index (κ3) is 2.34. The summed E-state index contributed by atoms with van der Waals surface area (Å²) in [4.78, 5) is 12.9. The van der Waals surface area contributed by atoms with Crippen molar-refractivity contribution in [1.29, 1.82) is 0 Å². The lowest BCUT2D eigenvalue weighted by Gasteiger charge is -2.03. The van der Waals surface area contributed by atoms with Crippen molar-refractivity contribution in [2.24, 2.45) is 0 Å². The van der Waals surface area contributed by atoms with Gasteiger partial charge in [0.1, 0.15) is 5.58 Å². The van der Waals surface area contributed by atoms with E-state index in [1.54, 1.807) is 0 Å². The highest BCUT2D eigenvalue weighted by Gasteiger charge is 2.22. The minimum atomic E-state index is -0.0966. The van der Waals surface area contributed by atoms with Crippen LogP contribution in [0.5, 0.6) is 0 Å². The lowest BCUT2D eigenvalue weighted by atomic mass is 9.98. The van der Waals surface area contributed by atoms with E-state index in [0.29, 0.717) is 11.3 Å². The predicted molar refractivity (Wildman–Crippen MR) is 91.5 cm³/mol. The van der Waals surface area contributed by atoms with Crippen LogP contribution >= 0.6 is 0 Å². The van der Waals surface area contributed by atoms with Crippen LogP contribution in [0.2, 0.25) is 0 Å². The van der Waals surface area contributed by atoms with Crippen LogP contribution in [0.15, 0.2) is 89.3 Å². The Morgan fingerprint density at radius 1 is 0.696 bits per heavy atom. The van der Waals surface area contributed by atoms with Crippen LogP contribution in [0, 0.1) is 0 Å². The fraction of sp³-hybridized carbons (Fsp3) is 0. The monoisotopic (exact) mass is 298 g/mol. The van der Waals surface area contributed by atoms with E-state index in [1.165, 1.54) is 0 Å². The first-order valence-electron chi connectivity index (χ1n) is 7.51. The minimum absolute atomic E-state index is 0.0966. The van der Waals surface area contributed by atoms with Gasteiger partial charge in [-0.3, -0.25) is 4.79 Å². The molecule has 0 bridgehead atoms. The summed E-state index contributed by atoms with van der Waals surface area (Å²) in [5, 5.41) is 0.956. The second kappa shape index (κ2) is 5.58. The van der Waals surface area contributed by atoms with E-state index < -0.39 is 0 Å². The number of carbonyl (C=O) groups is 1. The van der Waals surface area contributed by atoms with E-state index in [1.807, 2.05) is 84.9 Å². The van der Waals surface area contributed by atoms with Gasteiger partial charge in [0, 0.05) is 16.5 Å². The Morgan fingerprint density at radius 2 is 1.30 bits per heavy atom. The lowest BCUT2D eigenvalue weighted by molar-refractivity contribution is 0.101. The average molecular weight is 298 g/mol. The molecule has 23 heavy (non-hydrogen) atoms. The molecule has 0 saturated carbocycles. The fourth-order valence-corrected chi connectivity index (χ4v) is 2.82. The first-order valence-corrected chi connectivity index (χ1v) is 7.51. The zero-order chi connectivity index (χ0) is 15.6. The van der Waals surface area contributed by atoms with E-state index in [2.05, 4.69) is 0 Å². The quantitative estimate of drug-likeness (QED) is 0.478. The molecular formula is C21H14O2. The zero-order valence-corrected chi connectivity index (χ0v) is 12.4. The molecule has 1 heterocycles. The number of para-hydroxylation sites is 1. The summed E-state index contributed by atoms with van der Waals surface area (Å²) in [7, 11) is 0. The fourth-order valence-electron chi connectivity index (χ4n) is 2.82. The third-order valence-electron chi connectivity index (χ3n) is 3.90. The van der Waals surface area contributed by atoms with Crippen molar-refractivity contribution < 1.29 is 9.21 Å². The standard InChI is InChI=1S/C21H14O2/c22-20(16-11-5-2-6-12-16)21-19(15-9-3-1-4-10-15)17-13-7-8-14-18(17)23-21/h1-14H. The number of fused-ring (bicyclic) bond motifs is 1. The summed E-state index contributed by atoms with van der Waals surface area (Å²) < 4.78 is 5.92. The molecule has 110 valence electrons. The Labute approximate surface area is 134 Å². The normalized spacial score (nSPS) is 10.8. The van der Waals surface area contributed by atoms with Crippen molar-refractivity contribution in [2.45, 2.75) is 0 Å². The number of furan rings is 1. The lowest BCUT2D eigenvalue weighted by Crippen LogP contribution is -2.01. The second-order valence-electron chi connectivity index (χ2n) is 5.36. The van der Waals surface area contributed by atoms with E-state index in [4.69, 9.17) is 4.42 Å². The Morgan fingerprint density at radius 3 is 2.04 bits per heavy atom. The molecule has 0 aliphatic heterocycles. The largest absolute Gasteiger partial charge is 0.452 e. The van der Waals surface area contributed by atoms with Gasteiger partial charge in [-0.1, -0.05) is 78.9 Å². The number of rotatable bonds is 3. The van der Waals surface area contributed by atoms with Crippen molar-refractivity contribution in [1.82, 2.24) is 0 Å². The molecule has 0 spiro atoms. The Kier molecular flexibility index (Phi) is 3.28. The van der Waals surface area contributed by atoms with Crippen molar-refractivity contribution in [3.05, 3.63) is 96.3 Å². The van der Waals surface area contributed by atoms with Gasteiger partial charge in [-0.05, 0) is 11.6 Å². The Hall–Kier alpha value is -3.13. The number of benzene rings is 3. The highest BCUT2D eigenvalue weighted by Crippen LogP contribution is 2.35. The van der Waals surface area contributed by atoms with Crippen LogP contribution in [-0.2, 0) is 0 Å². The van der Waals surface area contributed by atoms with Crippen LogP contribution in [0.25, 0.3) is 22.1 Å². The van der Waals surface area contributed by atoms with Crippen molar-refractivity contribution in [2.75, 3.05) is 0 Å². The molecule has 0 unspecified atom stereocenters. The molecule has 2 heteroatoms. The summed E-state index contributed by atoms with van der Waals surface area (Å²) in [6, 6.07) is 26.9. The molecule has 0 atom stereocenters. The molecule has 2 nitrogen and oxygen atoms in total. The molecule has 3 aromatic carbocycles. The van der Waals surface area contributed by atoms with Crippen molar-refractivity contribution >= 4 is 16.8 Å². The Balaban J connectivity index is 1.98. The van der Waals surface area contributed by atoms with Crippen LogP contribution in [0.1, 0.15) is 16.1 Å². The molecule has 0 saturated heterocycles. The topological polar surface area (TPSA) is 30.2 Å². The maximum absolute atomic E-state index is 12.9.